The number of quaternary nitrogens is 1. The molecule has 0 aromatic heterocycles. The number of likely N-dealkylation sites (N-methyl/N-ethyl adjacent to an activating group) is 1. The van der Waals surface area contributed by atoms with E-state index in [9.17, 15) is 19.5 Å². The highest BCUT2D eigenvalue weighted by Gasteiger charge is 2.22. The van der Waals surface area contributed by atoms with Crippen LogP contribution < -0.4 is 5.11 Å². The molecule has 0 amide bonds. The summed E-state index contributed by atoms with van der Waals surface area (Å²) in [4.78, 5) is 37.7. The van der Waals surface area contributed by atoms with Crippen molar-refractivity contribution in [1.29, 1.82) is 0 Å². The Morgan fingerprint density at radius 1 is 0.292 bits per heavy atom. The fraction of sp³-hybridized carbons (Fsp3) is 0.866. The maximum absolute atomic E-state index is 13.0. The van der Waals surface area contributed by atoms with Crippen molar-refractivity contribution in [1.82, 2.24) is 0 Å². The number of ether oxygens (including phenoxy) is 4. The molecule has 0 aromatic carbocycles. The van der Waals surface area contributed by atoms with Gasteiger partial charge in [0.05, 0.1) is 40.3 Å². The van der Waals surface area contributed by atoms with Gasteiger partial charge < -0.3 is 33.3 Å². The van der Waals surface area contributed by atoms with E-state index < -0.39 is 24.3 Å². The fourth-order valence-electron chi connectivity index (χ4n) is 14.5. The Balaban J connectivity index is 3.87. The molecule has 0 spiro atoms. The molecule has 0 fully saturated rings. The van der Waals surface area contributed by atoms with E-state index in [1.54, 1.807) is 0 Å². The number of unbranched alkanes of at least 4 members (excludes halogenated alkanes) is 64. The zero-order chi connectivity index (χ0) is 76.7. The summed E-state index contributed by atoms with van der Waals surface area (Å²) in [5, 5.41) is 11.9. The smallest absolute Gasteiger partial charge is 0.306 e. The minimum absolute atomic E-state index is 0.151. The highest BCUT2D eigenvalue weighted by Crippen LogP contribution is 2.22. The summed E-state index contributed by atoms with van der Waals surface area (Å²) >= 11 is 0. The Hall–Kier alpha value is -3.01. The van der Waals surface area contributed by atoms with Crippen LogP contribution in [0.4, 0.5) is 0 Å². The normalized spacial score (nSPS) is 12.8. The lowest BCUT2D eigenvalue weighted by molar-refractivity contribution is -0.870. The Morgan fingerprint density at radius 3 is 0.802 bits per heavy atom. The van der Waals surface area contributed by atoms with E-state index in [2.05, 4.69) is 74.6 Å². The standard InChI is InChI=1S/C97H181NO8/c1-6-8-10-12-14-16-18-20-22-24-26-28-30-32-34-36-38-40-42-44-46-48-50-52-54-56-58-60-62-64-66-68-70-72-74-76-78-80-82-84-86-88-95(100)106-93(92-105-97(96(101)102)103-90-89-98(3,4)5)91-104-94(99)87-85-83-81-79-77-75-73-71-69-67-65-63-61-59-57-55-53-51-49-47-45-43-41-39-37-35-33-31-29-27-25-23-21-19-17-15-13-11-9-7-2/h8,10,14,16,20,22,26,28,32,34,93,97H,6-7,9,11-13,15,17-19,21,23-25,27,29-31,33,35-92H2,1-5H3/b10-8-,16-14-,22-20-,28-26-,34-32-. The Bertz CT molecular complexity index is 1940. The largest absolute Gasteiger partial charge is 0.545 e. The minimum Gasteiger partial charge on any atom is -0.545 e. The van der Waals surface area contributed by atoms with E-state index in [0.29, 0.717) is 17.4 Å². The fourth-order valence-corrected chi connectivity index (χ4v) is 14.5. The van der Waals surface area contributed by atoms with E-state index in [1.165, 1.54) is 385 Å². The van der Waals surface area contributed by atoms with E-state index in [-0.39, 0.29) is 32.2 Å². The average Bonchev–Trinajstić information content (AvgIpc) is 0.935. The quantitative estimate of drug-likeness (QED) is 0.0195. The average molecular weight is 1490 g/mol. The molecule has 0 heterocycles. The molecule has 0 bridgehead atoms. The van der Waals surface area contributed by atoms with Gasteiger partial charge in [-0.2, -0.15) is 0 Å². The molecule has 0 saturated carbocycles. The van der Waals surface area contributed by atoms with Gasteiger partial charge in [-0.15, -0.1) is 0 Å². The third-order valence-electron chi connectivity index (χ3n) is 21.5. The second kappa shape index (κ2) is 87.6. The number of carbonyl (C=O) groups is 3. The van der Waals surface area contributed by atoms with Crippen molar-refractivity contribution >= 4 is 17.9 Å². The number of esters is 2. The van der Waals surface area contributed by atoms with E-state index in [4.69, 9.17) is 18.9 Å². The number of hydrogen-bond donors (Lipinski definition) is 0. The molecule has 0 saturated heterocycles. The predicted molar refractivity (Wildman–Crippen MR) is 459 cm³/mol. The molecule has 106 heavy (non-hydrogen) atoms. The van der Waals surface area contributed by atoms with Gasteiger partial charge in [-0.05, 0) is 57.8 Å². The first-order chi connectivity index (χ1) is 52.1. The van der Waals surface area contributed by atoms with Crippen molar-refractivity contribution < 1.29 is 42.9 Å². The number of aliphatic carboxylic acids is 1. The summed E-state index contributed by atoms with van der Waals surface area (Å²) in [5.74, 6) is -2.24. The van der Waals surface area contributed by atoms with Gasteiger partial charge in [-0.1, -0.05) is 473 Å². The van der Waals surface area contributed by atoms with Crippen LogP contribution in [0.1, 0.15) is 483 Å². The first-order valence-corrected chi connectivity index (χ1v) is 46.9. The highest BCUT2D eigenvalue weighted by atomic mass is 16.7. The molecule has 0 aliphatic rings. The number of carbonyl (C=O) groups excluding carboxylic acids is 3. The summed E-state index contributed by atoms with van der Waals surface area (Å²) in [6, 6.07) is 0. The van der Waals surface area contributed by atoms with Crippen LogP contribution in [-0.2, 0) is 33.3 Å². The van der Waals surface area contributed by atoms with Crippen LogP contribution in [0, 0.1) is 0 Å². The SMILES string of the molecule is CC/C=C\C/C=C\C/C=C\C/C=C\C/C=C\CCCCCCCCCCCCCCCCCCCCCCCCCCCC(=O)OC(COC(=O)CCCCCCCCCCCCCCCCCCCCCCCCCCCCCCCCCCCCCCCCCC)COC(OCC[N+](C)(C)C)C(=O)[O-]. The first-order valence-electron chi connectivity index (χ1n) is 46.9. The minimum atomic E-state index is -1.62. The van der Waals surface area contributed by atoms with Crippen LogP contribution in [0.2, 0.25) is 0 Å². The third-order valence-corrected chi connectivity index (χ3v) is 21.5. The molecule has 2 atom stereocenters. The van der Waals surface area contributed by atoms with Crippen LogP contribution in [0.5, 0.6) is 0 Å². The number of allylic oxidation sites excluding steroid dienone is 10. The molecule has 2 unspecified atom stereocenters. The van der Waals surface area contributed by atoms with Gasteiger partial charge in [0.25, 0.3) is 0 Å². The molecule has 0 aliphatic heterocycles. The molecule has 0 rings (SSSR count). The van der Waals surface area contributed by atoms with Gasteiger partial charge in [0.15, 0.2) is 12.4 Å². The van der Waals surface area contributed by atoms with Crippen molar-refractivity contribution in [3.8, 4) is 0 Å². The molecule has 0 N–H and O–H groups in total. The molecule has 622 valence electrons. The van der Waals surface area contributed by atoms with E-state index in [0.717, 1.165) is 70.6 Å². The summed E-state index contributed by atoms with van der Waals surface area (Å²) in [6.07, 6.45) is 116. The van der Waals surface area contributed by atoms with E-state index >= 15 is 0 Å². The van der Waals surface area contributed by atoms with Crippen molar-refractivity contribution in [3.63, 3.8) is 0 Å². The lowest BCUT2D eigenvalue weighted by Gasteiger charge is -2.26. The lowest BCUT2D eigenvalue weighted by Crippen LogP contribution is -2.44. The van der Waals surface area contributed by atoms with Crippen LogP contribution in [-0.4, -0.2) is 82.3 Å². The zero-order valence-electron chi connectivity index (χ0n) is 71.6. The summed E-state index contributed by atoms with van der Waals surface area (Å²) in [5.41, 5.74) is 0. The lowest BCUT2D eigenvalue weighted by atomic mass is 10.0. The Kier molecular flexibility index (Phi) is 85.1. The van der Waals surface area contributed by atoms with Crippen molar-refractivity contribution in [2.24, 2.45) is 0 Å². The van der Waals surface area contributed by atoms with Gasteiger partial charge in [0.2, 0.25) is 0 Å². The number of carboxylic acid groups (broad SMARTS) is 1. The maximum atomic E-state index is 13.0. The topological polar surface area (TPSA) is 111 Å². The molecule has 9 nitrogen and oxygen atoms in total. The highest BCUT2D eigenvalue weighted by molar-refractivity contribution is 5.70. The second-order valence-electron chi connectivity index (χ2n) is 33.3. The number of nitrogens with zero attached hydrogens (tertiary/aromatic N) is 1. The molecule has 0 aromatic rings. The first kappa shape index (κ1) is 103. The molecular formula is C97H181NO8. The second-order valence-corrected chi connectivity index (χ2v) is 33.3. The van der Waals surface area contributed by atoms with Crippen molar-refractivity contribution in [3.05, 3.63) is 60.8 Å². The van der Waals surface area contributed by atoms with E-state index in [1.807, 2.05) is 21.1 Å². The zero-order valence-corrected chi connectivity index (χ0v) is 71.6. The third kappa shape index (κ3) is 88.2. The summed E-state index contributed by atoms with van der Waals surface area (Å²) in [7, 11) is 5.96. The van der Waals surface area contributed by atoms with Crippen molar-refractivity contribution in [2.45, 2.75) is 495 Å². The molecule has 0 radical (unpaired) electrons. The molecule has 9 heteroatoms. The van der Waals surface area contributed by atoms with Gasteiger partial charge in [-0.3, -0.25) is 9.59 Å². The number of carboxylic acids is 1. The van der Waals surface area contributed by atoms with Gasteiger partial charge in [0, 0.05) is 12.8 Å². The van der Waals surface area contributed by atoms with Crippen LogP contribution in [0.25, 0.3) is 0 Å². The maximum Gasteiger partial charge on any atom is 0.306 e. The van der Waals surface area contributed by atoms with Crippen LogP contribution >= 0.6 is 0 Å². The van der Waals surface area contributed by atoms with Crippen molar-refractivity contribution in [2.75, 3.05) is 47.5 Å². The molecule has 0 aliphatic carbocycles. The van der Waals surface area contributed by atoms with Gasteiger partial charge in [-0.25, -0.2) is 0 Å². The number of hydrogen-bond acceptors (Lipinski definition) is 8. The van der Waals surface area contributed by atoms with Crippen LogP contribution in [0.3, 0.4) is 0 Å². The summed E-state index contributed by atoms with van der Waals surface area (Å²) in [6.45, 7) is 4.73. The Morgan fingerprint density at radius 2 is 0.538 bits per heavy atom. The monoisotopic (exact) mass is 1490 g/mol. The van der Waals surface area contributed by atoms with Gasteiger partial charge >= 0.3 is 11.9 Å². The number of rotatable bonds is 89. The Labute approximate surface area is 660 Å². The summed E-state index contributed by atoms with van der Waals surface area (Å²) < 4.78 is 22.9. The van der Waals surface area contributed by atoms with Crippen LogP contribution in [0.15, 0.2) is 60.8 Å². The molecular weight excluding hydrogens is 1310 g/mol. The predicted octanol–water partition coefficient (Wildman–Crippen LogP) is 29.6. The van der Waals surface area contributed by atoms with Gasteiger partial charge in [0.1, 0.15) is 13.2 Å².